The topological polar surface area (TPSA) is 32.8 Å². The van der Waals surface area contributed by atoms with E-state index in [1.807, 2.05) is 24.3 Å². The smallest absolute Gasteiger partial charge is 0.159 e. The Morgan fingerprint density at radius 2 is 0.571 bits per heavy atom. The zero-order valence-corrected chi connectivity index (χ0v) is 38.1. The zero-order chi connectivity index (χ0) is 46.4. The van der Waals surface area contributed by atoms with E-state index in [2.05, 4.69) is 252 Å². The lowest BCUT2D eigenvalue weighted by Gasteiger charge is -2.25. The van der Waals surface area contributed by atoms with Crippen LogP contribution in [-0.2, 0) is 0 Å². The van der Waals surface area contributed by atoms with Gasteiger partial charge in [0.15, 0.2) is 11.2 Å². The van der Waals surface area contributed by atoms with Gasteiger partial charge in [-0.2, -0.15) is 0 Å². The Hall–Kier alpha value is -9.38. The van der Waals surface area contributed by atoms with Crippen LogP contribution in [0.3, 0.4) is 0 Å². The standard InChI is InChI=1S/C66H44N2O2/c1-3-21-51(22-4-1)67(61-31-15-29-59-57-27-9-11-33-63(57)69-65(59)61)53-39-35-45(36-40-53)47-17-13-19-49(43-47)55-25-7-8-26-56(55)50-20-14-18-48(44-50)46-37-41-54(42-38-46)68(52-23-5-2-6-24-52)62-32-16-30-60-58-28-10-12-34-64(58)70-66(60)62/h1-44H. The van der Waals surface area contributed by atoms with Gasteiger partial charge >= 0.3 is 0 Å². The summed E-state index contributed by atoms with van der Waals surface area (Å²) in [7, 11) is 0. The van der Waals surface area contributed by atoms with Gasteiger partial charge in [0.25, 0.3) is 0 Å². The van der Waals surface area contributed by atoms with E-state index >= 15 is 0 Å². The molecule has 0 bridgehead atoms. The van der Waals surface area contributed by atoms with Crippen molar-refractivity contribution in [1.29, 1.82) is 0 Å². The maximum absolute atomic E-state index is 6.54. The lowest BCUT2D eigenvalue weighted by molar-refractivity contribution is 0.668. The molecular weight excluding hydrogens is 853 g/mol. The third-order valence-corrected chi connectivity index (χ3v) is 13.5. The minimum atomic E-state index is 0.867. The summed E-state index contributed by atoms with van der Waals surface area (Å²) < 4.78 is 13.1. The van der Waals surface area contributed by atoms with E-state index in [-0.39, 0.29) is 0 Å². The number of rotatable bonds is 10. The minimum Gasteiger partial charge on any atom is -0.454 e. The molecule has 0 amide bonds. The molecule has 0 aliphatic heterocycles. The Labute approximate surface area is 406 Å². The monoisotopic (exact) mass is 896 g/mol. The Kier molecular flexibility index (Phi) is 10.1. The highest BCUT2D eigenvalue weighted by atomic mass is 16.3. The first-order chi connectivity index (χ1) is 34.7. The molecule has 11 aromatic carbocycles. The summed E-state index contributed by atoms with van der Waals surface area (Å²) in [6, 6.07) is 94.6. The summed E-state index contributed by atoms with van der Waals surface area (Å²) in [6.45, 7) is 0. The summed E-state index contributed by atoms with van der Waals surface area (Å²) in [4.78, 5) is 4.57. The predicted molar refractivity (Wildman–Crippen MR) is 292 cm³/mol. The highest BCUT2D eigenvalue weighted by molar-refractivity contribution is 6.11. The van der Waals surface area contributed by atoms with Gasteiger partial charge in [-0.25, -0.2) is 0 Å². The number of fused-ring (bicyclic) bond motifs is 6. The Morgan fingerprint density at radius 3 is 1.01 bits per heavy atom. The zero-order valence-electron chi connectivity index (χ0n) is 38.1. The van der Waals surface area contributed by atoms with Crippen LogP contribution in [0.25, 0.3) is 88.4 Å². The van der Waals surface area contributed by atoms with Gasteiger partial charge in [0.1, 0.15) is 11.2 Å². The van der Waals surface area contributed by atoms with Crippen molar-refractivity contribution in [3.8, 4) is 44.5 Å². The van der Waals surface area contributed by atoms with Crippen molar-refractivity contribution in [2.24, 2.45) is 0 Å². The number of hydrogen-bond acceptors (Lipinski definition) is 4. The molecule has 2 heterocycles. The Bertz CT molecular complexity index is 3740. The quantitative estimate of drug-likeness (QED) is 0.137. The van der Waals surface area contributed by atoms with Crippen LogP contribution in [0.5, 0.6) is 0 Å². The van der Waals surface area contributed by atoms with E-state index in [1.54, 1.807) is 0 Å². The predicted octanol–water partition coefficient (Wildman–Crippen LogP) is 19.1. The maximum Gasteiger partial charge on any atom is 0.159 e. The number of para-hydroxylation sites is 6. The van der Waals surface area contributed by atoms with E-state index in [1.165, 1.54) is 11.1 Å². The van der Waals surface area contributed by atoms with Gasteiger partial charge in [0.2, 0.25) is 0 Å². The molecular formula is C66H44N2O2. The Morgan fingerprint density at radius 1 is 0.229 bits per heavy atom. The number of anilines is 6. The van der Waals surface area contributed by atoms with Gasteiger partial charge in [0.05, 0.1) is 11.4 Å². The lowest BCUT2D eigenvalue weighted by Crippen LogP contribution is -2.10. The van der Waals surface area contributed by atoms with E-state index in [9.17, 15) is 0 Å². The van der Waals surface area contributed by atoms with Crippen molar-refractivity contribution in [1.82, 2.24) is 0 Å². The van der Waals surface area contributed by atoms with Crippen molar-refractivity contribution in [2.45, 2.75) is 0 Å². The molecule has 0 radical (unpaired) electrons. The lowest BCUT2D eigenvalue weighted by atomic mass is 9.91. The molecule has 0 saturated carbocycles. The fourth-order valence-electron chi connectivity index (χ4n) is 10.2. The fraction of sp³-hybridized carbons (Fsp3) is 0. The Balaban J connectivity index is 0.811. The molecule has 70 heavy (non-hydrogen) atoms. The molecule has 0 unspecified atom stereocenters. The van der Waals surface area contributed by atoms with Crippen LogP contribution in [0.1, 0.15) is 0 Å². The van der Waals surface area contributed by atoms with E-state index in [0.29, 0.717) is 0 Å². The molecule has 2 aromatic heterocycles. The van der Waals surface area contributed by atoms with Crippen molar-refractivity contribution in [3.05, 3.63) is 267 Å². The largest absolute Gasteiger partial charge is 0.454 e. The third-order valence-electron chi connectivity index (χ3n) is 13.5. The van der Waals surface area contributed by atoms with Crippen LogP contribution in [0.15, 0.2) is 276 Å². The number of hydrogen-bond donors (Lipinski definition) is 0. The molecule has 0 atom stereocenters. The van der Waals surface area contributed by atoms with Crippen LogP contribution in [-0.4, -0.2) is 0 Å². The van der Waals surface area contributed by atoms with Crippen molar-refractivity contribution in [2.75, 3.05) is 9.80 Å². The first-order valence-corrected chi connectivity index (χ1v) is 23.7. The van der Waals surface area contributed by atoms with Gasteiger partial charge in [-0.05, 0) is 129 Å². The molecule has 4 nitrogen and oxygen atoms in total. The van der Waals surface area contributed by atoms with Crippen molar-refractivity contribution >= 4 is 78.0 Å². The highest BCUT2D eigenvalue weighted by Crippen LogP contribution is 2.45. The molecule has 0 saturated heterocycles. The molecule has 0 N–H and O–H groups in total. The fourth-order valence-corrected chi connectivity index (χ4v) is 10.2. The van der Waals surface area contributed by atoms with Crippen LogP contribution >= 0.6 is 0 Å². The molecule has 13 rings (SSSR count). The molecule has 0 aliphatic carbocycles. The summed E-state index contributed by atoms with van der Waals surface area (Å²) >= 11 is 0. The summed E-state index contributed by atoms with van der Waals surface area (Å²) in [5.74, 6) is 0. The van der Waals surface area contributed by atoms with E-state index in [0.717, 1.165) is 111 Å². The first kappa shape index (κ1) is 40.9. The number of furan rings is 2. The van der Waals surface area contributed by atoms with Crippen molar-refractivity contribution < 1.29 is 8.83 Å². The van der Waals surface area contributed by atoms with Crippen molar-refractivity contribution in [3.63, 3.8) is 0 Å². The molecule has 4 heteroatoms. The van der Waals surface area contributed by atoms with Gasteiger partial charge in [-0.1, -0.05) is 182 Å². The van der Waals surface area contributed by atoms with Gasteiger partial charge in [-0.15, -0.1) is 0 Å². The van der Waals surface area contributed by atoms with Crippen LogP contribution < -0.4 is 9.80 Å². The third kappa shape index (κ3) is 7.27. The minimum absolute atomic E-state index is 0.867. The number of benzene rings is 11. The average molecular weight is 897 g/mol. The number of nitrogens with zero attached hydrogens (tertiary/aromatic N) is 2. The van der Waals surface area contributed by atoms with Gasteiger partial charge in [0, 0.05) is 44.3 Å². The second kappa shape index (κ2) is 17.4. The average Bonchev–Trinajstić information content (AvgIpc) is 4.02. The molecule has 13 aromatic rings. The van der Waals surface area contributed by atoms with Crippen LogP contribution in [0.4, 0.5) is 34.1 Å². The van der Waals surface area contributed by atoms with E-state index in [4.69, 9.17) is 8.83 Å². The molecule has 0 aliphatic rings. The molecule has 0 fully saturated rings. The summed E-state index contributed by atoms with van der Waals surface area (Å²) in [5.41, 5.74) is 19.0. The van der Waals surface area contributed by atoms with Crippen LogP contribution in [0.2, 0.25) is 0 Å². The van der Waals surface area contributed by atoms with Gasteiger partial charge < -0.3 is 18.6 Å². The van der Waals surface area contributed by atoms with Crippen LogP contribution in [0, 0.1) is 0 Å². The second-order valence-electron chi connectivity index (χ2n) is 17.6. The maximum atomic E-state index is 6.54. The highest BCUT2D eigenvalue weighted by Gasteiger charge is 2.21. The molecule has 330 valence electrons. The molecule has 0 spiro atoms. The summed E-state index contributed by atoms with van der Waals surface area (Å²) in [6.07, 6.45) is 0. The summed E-state index contributed by atoms with van der Waals surface area (Å²) in [5, 5.41) is 4.43. The van der Waals surface area contributed by atoms with Gasteiger partial charge in [-0.3, -0.25) is 0 Å². The second-order valence-corrected chi connectivity index (χ2v) is 17.6. The first-order valence-electron chi connectivity index (χ1n) is 23.7. The SMILES string of the molecule is c1ccc(N(c2ccc(-c3cccc(-c4ccccc4-c4cccc(-c5ccc(N(c6ccccc6)c6cccc7c6oc6ccccc67)cc5)c4)c3)cc2)c2cccc3c2oc2ccccc23)cc1. The van der Waals surface area contributed by atoms with E-state index < -0.39 is 0 Å². The normalized spacial score (nSPS) is 11.4.